The Morgan fingerprint density at radius 2 is 2.00 bits per heavy atom. The van der Waals surface area contributed by atoms with Gasteiger partial charge in [-0.25, -0.2) is 4.79 Å². The van der Waals surface area contributed by atoms with Crippen molar-refractivity contribution in [1.29, 1.82) is 0 Å². The highest BCUT2D eigenvalue weighted by molar-refractivity contribution is 5.70. The van der Waals surface area contributed by atoms with Gasteiger partial charge in [-0.05, 0) is 31.4 Å². The number of nitrogens with zero attached hydrogens (tertiary/aromatic N) is 2. The first kappa shape index (κ1) is 12.4. The van der Waals surface area contributed by atoms with Crippen LogP contribution in [-0.2, 0) is 17.6 Å². The van der Waals surface area contributed by atoms with Crippen LogP contribution in [-0.4, -0.2) is 22.5 Å². The zero-order valence-corrected chi connectivity index (χ0v) is 10.4. The van der Waals surface area contributed by atoms with Crippen molar-refractivity contribution in [2.24, 2.45) is 0 Å². The molecule has 0 spiro atoms. The molecule has 2 rings (SSSR count). The van der Waals surface area contributed by atoms with Gasteiger partial charge in [0.15, 0.2) is 0 Å². The van der Waals surface area contributed by atoms with Gasteiger partial charge < -0.3 is 4.74 Å². The normalized spacial score (nSPS) is 10.3. The zero-order chi connectivity index (χ0) is 12.8. The van der Waals surface area contributed by atoms with Crippen molar-refractivity contribution in [1.82, 2.24) is 9.78 Å². The summed E-state index contributed by atoms with van der Waals surface area (Å²) in [6, 6.07) is 12.0. The van der Waals surface area contributed by atoms with Crippen LogP contribution in [0.3, 0.4) is 0 Å². The van der Waals surface area contributed by atoms with E-state index in [1.165, 1.54) is 10.2 Å². The summed E-state index contributed by atoms with van der Waals surface area (Å²) >= 11 is 0. The fourth-order valence-electron chi connectivity index (χ4n) is 1.79. The second kappa shape index (κ2) is 6.00. The molecule has 0 amide bonds. The van der Waals surface area contributed by atoms with Crippen LogP contribution >= 0.6 is 0 Å². The Kier molecular flexibility index (Phi) is 4.12. The van der Waals surface area contributed by atoms with Crippen molar-refractivity contribution < 1.29 is 9.53 Å². The van der Waals surface area contributed by atoms with Crippen molar-refractivity contribution >= 4 is 6.09 Å². The molecule has 1 heterocycles. The van der Waals surface area contributed by atoms with Gasteiger partial charge in [0.1, 0.15) is 0 Å². The average Bonchev–Trinajstić information content (AvgIpc) is 2.86. The molecular weight excluding hydrogens is 228 g/mol. The molecule has 0 unspecified atom stereocenters. The Balaban J connectivity index is 2.02. The maximum absolute atomic E-state index is 11.6. The fraction of sp³-hybridized carbons (Fsp3) is 0.286. The molecule has 18 heavy (non-hydrogen) atoms. The number of hydrogen-bond acceptors (Lipinski definition) is 3. The molecule has 4 nitrogen and oxygen atoms in total. The van der Waals surface area contributed by atoms with Gasteiger partial charge in [0.05, 0.1) is 12.3 Å². The summed E-state index contributed by atoms with van der Waals surface area (Å²) in [6.45, 7) is 2.14. The van der Waals surface area contributed by atoms with Crippen molar-refractivity contribution in [2.75, 3.05) is 6.61 Å². The Hall–Kier alpha value is -2.10. The Bertz CT molecular complexity index is 506. The third-order valence-electron chi connectivity index (χ3n) is 2.67. The summed E-state index contributed by atoms with van der Waals surface area (Å²) in [4.78, 5) is 11.6. The molecule has 0 N–H and O–H groups in total. The van der Waals surface area contributed by atoms with E-state index in [4.69, 9.17) is 4.74 Å². The average molecular weight is 244 g/mol. The van der Waals surface area contributed by atoms with Gasteiger partial charge in [-0.2, -0.15) is 9.78 Å². The number of hydrogen-bond donors (Lipinski definition) is 0. The van der Waals surface area contributed by atoms with Crippen LogP contribution in [0.25, 0.3) is 0 Å². The van der Waals surface area contributed by atoms with E-state index < -0.39 is 6.09 Å². The third-order valence-corrected chi connectivity index (χ3v) is 2.67. The minimum absolute atomic E-state index is 0.358. The quantitative estimate of drug-likeness (QED) is 0.830. The molecule has 0 bridgehead atoms. The van der Waals surface area contributed by atoms with Crippen LogP contribution in [0, 0.1) is 0 Å². The molecule has 0 atom stereocenters. The molecule has 1 aromatic heterocycles. The number of ether oxygens (including phenoxy) is 1. The lowest BCUT2D eigenvalue weighted by Crippen LogP contribution is -2.18. The minimum atomic E-state index is -0.412. The second-order valence-electron chi connectivity index (χ2n) is 3.92. The van der Waals surface area contributed by atoms with Crippen LogP contribution in [0.5, 0.6) is 0 Å². The topological polar surface area (TPSA) is 44.1 Å². The van der Waals surface area contributed by atoms with E-state index in [1.807, 2.05) is 24.3 Å². The van der Waals surface area contributed by atoms with Crippen molar-refractivity contribution in [3.05, 3.63) is 53.9 Å². The lowest BCUT2D eigenvalue weighted by Gasteiger charge is -2.06. The summed E-state index contributed by atoms with van der Waals surface area (Å²) in [6.07, 6.45) is 2.86. The number of carbonyl (C=O) groups is 1. The first-order chi connectivity index (χ1) is 8.81. The number of benzene rings is 1. The number of rotatable bonds is 4. The first-order valence-corrected chi connectivity index (χ1v) is 6.05. The molecule has 0 aliphatic heterocycles. The van der Waals surface area contributed by atoms with Crippen LogP contribution in [0.2, 0.25) is 0 Å². The van der Waals surface area contributed by atoms with Crippen molar-refractivity contribution in [2.45, 2.75) is 19.8 Å². The van der Waals surface area contributed by atoms with E-state index in [0.717, 1.165) is 18.5 Å². The SMILES string of the molecule is CCOC(=O)n1nccc1CCc1ccccc1. The highest BCUT2D eigenvalue weighted by Crippen LogP contribution is 2.07. The molecule has 94 valence electrons. The highest BCUT2D eigenvalue weighted by Gasteiger charge is 2.11. The molecule has 1 aromatic carbocycles. The van der Waals surface area contributed by atoms with Gasteiger partial charge in [0.25, 0.3) is 0 Å². The fourth-order valence-corrected chi connectivity index (χ4v) is 1.79. The van der Waals surface area contributed by atoms with E-state index in [9.17, 15) is 4.79 Å². The maximum Gasteiger partial charge on any atom is 0.434 e. The molecule has 0 radical (unpaired) electrons. The summed E-state index contributed by atoms with van der Waals surface area (Å²) in [5.74, 6) is 0. The monoisotopic (exact) mass is 244 g/mol. The van der Waals surface area contributed by atoms with Crippen LogP contribution < -0.4 is 0 Å². The van der Waals surface area contributed by atoms with E-state index in [1.54, 1.807) is 13.1 Å². The van der Waals surface area contributed by atoms with Crippen LogP contribution in [0.15, 0.2) is 42.6 Å². The van der Waals surface area contributed by atoms with Crippen molar-refractivity contribution in [3.8, 4) is 0 Å². The molecule has 2 aromatic rings. The molecule has 0 fully saturated rings. The minimum Gasteiger partial charge on any atom is -0.448 e. The molecule has 0 saturated carbocycles. The number of carbonyl (C=O) groups excluding carboxylic acids is 1. The molecule has 0 saturated heterocycles. The van der Waals surface area contributed by atoms with E-state index in [2.05, 4.69) is 17.2 Å². The third kappa shape index (κ3) is 2.97. The lowest BCUT2D eigenvalue weighted by molar-refractivity contribution is 0.149. The standard InChI is InChI=1S/C14H16N2O2/c1-2-18-14(17)16-13(10-11-15-16)9-8-12-6-4-3-5-7-12/h3-7,10-11H,2,8-9H2,1H3. The van der Waals surface area contributed by atoms with E-state index in [0.29, 0.717) is 6.61 Å². The molecule has 4 heteroatoms. The Morgan fingerprint density at radius 1 is 1.22 bits per heavy atom. The van der Waals surface area contributed by atoms with E-state index in [-0.39, 0.29) is 0 Å². The van der Waals surface area contributed by atoms with Crippen molar-refractivity contribution in [3.63, 3.8) is 0 Å². The van der Waals surface area contributed by atoms with Crippen LogP contribution in [0.4, 0.5) is 4.79 Å². The summed E-state index contributed by atoms with van der Waals surface area (Å²) in [5.41, 5.74) is 2.12. The maximum atomic E-state index is 11.6. The summed E-state index contributed by atoms with van der Waals surface area (Å²) in [7, 11) is 0. The van der Waals surface area contributed by atoms with Gasteiger partial charge in [0, 0.05) is 6.20 Å². The summed E-state index contributed by atoms with van der Waals surface area (Å²) in [5, 5.41) is 3.99. The molecule has 0 aliphatic carbocycles. The summed E-state index contributed by atoms with van der Waals surface area (Å²) < 4.78 is 6.27. The van der Waals surface area contributed by atoms with Crippen LogP contribution in [0.1, 0.15) is 18.2 Å². The Morgan fingerprint density at radius 3 is 2.72 bits per heavy atom. The number of aromatic nitrogens is 2. The van der Waals surface area contributed by atoms with Gasteiger partial charge in [0.2, 0.25) is 0 Å². The van der Waals surface area contributed by atoms with Gasteiger partial charge in [-0.3, -0.25) is 0 Å². The predicted octanol–water partition coefficient (Wildman–Crippen LogP) is 2.67. The molecular formula is C14H16N2O2. The lowest BCUT2D eigenvalue weighted by atomic mass is 10.1. The first-order valence-electron chi connectivity index (χ1n) is 6.05. The van der Waals surface area contributed by atoms with E-state index >= 15 is 0 Å². The predicted molar refractivity (Wildman–Crippen MR) is 68.5 cm³/mol. The largest absolute Gasteiger partial charge is 0.448 e. The van der Waals surface area contributed by atoms with Gasteiger partial charge >= 0.3 is 6.09 Å². The highest BCUT2D eigenvalue weighted by atomic mass is 16.5. The Labute approximate surface area is 106 Å². The van der Waals surface area contributed by atoms with Gasteiger partial charge in [-0.1, -0.05) is 30.3 Å². The molecule has 0 aliphatic rings. The van der Waals surface area contributed by atoms with Gasteiger partial charge in [-0.15, -0.1) is 0 Å². The smallest absolute Gasteiger partial charge is 0.434 e. The zero-order valence-electron chi connectivity index (χ0n) is 10.4. The number of aryl methyl sites for hydroxylation is 2. The second-order valence-corrected chi connectivity index (χ2v) is 3.92.